The summed E-state index contributed by atoms with van der Waals surface area (Å²) in [5, 5.41) is 2.94. The van der Waals surface area contributed by atoms with E-state index in [9.17, 15) is 13.2 Å². The van der Waals surface area contributed by atoms with Crippen molar-refractivity contribution in [3.8, 4) is 0 Å². The standard InChI is InChI=1S/C10H11F3N2O/c11-10(12,13)8-2-1-3-9-7(8)4-6(15-9)5-16-14/h1-3,6,15H,4-5,14H2. The molecule has 0 spiro atoms. The van der Waals surface area contributed by atoms with Gasteiger partial charge in [0.1, 0.15) is 0 Å². The lowest BCUT2D eigenvalue weighted by atomic mass is 10.0. The summed E-state index contributed by atoms with van der Waals surface area (Å²) in [5.74, 6) is 4.90. The van der Waals surface area contributed by atoms with E-state index in [1.54, 1.807) is 6.07 Å². The molecule has 88 valence electrons. The zero-order chi connectivity index (χ0) is 11.8. The lowest BCUT2D eigenvalue weighted by molar-refractivity contribution is -0.138. The second-order valence-corrected chi connectivity index (χ2v) is 3.71. The molecule has 0 saturated carbocycles. The van der Waals surface area contributed by atoms with E-state index < -0.39 is 11.7 Å². The monoisotopic (exact) mass is 232 g/mol. The third-order valence-electron chi connectivity index (χ3n) is 2.59. The number of halogens is 3. The van der Waals surface area contributed by atoms with Crippen molar-refractivity contribution in [3.63, 3.8) is 0 Å². The van der Waals surface area contributed by atoms with E-state index in [4.69, 9.17) is 5.90 Å². The molecule has 0 amide bonds. The number of hydrogen-bond donors (Lipinski definition) is 2. The molecule has 0 saturated heterocycles. The van der Waals surface area contributed by atoms with E-state index in [1.165, 1.54) is 6.07 Å². The summed E-state index contributed by atoms with van der Waals surface area (Å²) < 4.78 is 38.0. The fraction of sp³-hybridized carbons (Fsp3) is 0.400. The first kappa shape index (κ1) is 11.2. The van der Waals surface area contributed by atoms with Crippen LogP contribution in [0.5, 0.6) is 0 Å². The summed E-state index contributed by atoms with van der Waals surface area (Å²) in [6.45, 7) is 0.186. The molecule has 1 aliphatic heterocycles. The van der Waals surface area contributed by atoms with Crippen LogP contribution in [0.4, 0.5) is 18.9 Å². The van der Waals surface area contributed by atoms with Crippen LogP contribution in [-0.2, 0) is 17.4 Å². The predicted molar refractivity (Wildman–Crippen MR) is 52.7 cm³/mol. The predicted octanol–water partition coefficient (Wildman–Crippen LogP) is 1.93. The first-order valence-corrected chi connectivity index (χ1v) is 4.79. The van der Waals surface area contributed by atoms with Crippen molar-refractivity contribution in [2.24, 2.45) is 5.90 Å². The van der Waals surface area contributed by atoms with Gasteiger partial charge in [-0.2, -0.15) is 13.2 Å². The molecule has 0 radical (unpaired) electrons. The molecule has 0 bridgehead atoms. The maximum Gasteiger partial charge on any atom is 0.416 e. The van der Waals surface area contributed by atoms with E-state index in [-0.39, 0.29) is 24.6 Å². The minimum Gasteiger partial charge on any atom is -0.379 e. The lowest BCUT2D eigenvalue weighted by Gasteiger charge is -2.10. The van der Waals surface area contributed by atoms with Gasteiger partial charge in [-0.1, -0.05) is 6.07 Å². The average molecular weight is 232 g/mol. The van der Waals surface area contributed by atoms with Crippen molar-refractivity contribution in [2.45, 2.75) is 18.6 Å². The fourth-order valence-corrected chi connectivity index (χ4v) is 1.94. The Morgan fingerprint density at radius 2 is 2.19 bits per heavy atom. The highest BCUT2D eigenvalue weighted by Gasteiger charge is 2.36. The smallest absolute Gasteiger partial charge is 0.379 e. The molecule has 6 heteroatoms. The Morgan fingerprint density at radius 1 is 1.44 bits per heavy atom. The Bertz CT molecular complexity index is 392. The van der Waals surface area contributed by atoms with Crippen LogP contribution in [0.25, 0.3) is 0 Å². The Hall–Kier alpha value is -1.27. The zero-order valence-corrected chi connectivity index (χ0v) is 8.34. The quantitative estimate of drug-likeness (QED) is 0.766. The van der Waals surface area contributed by atoms with Gasteiger partial charge in [0.05, 0.1) is 18.2 Å². The normalized spacial score (nSPS) is 19.4. The van der Waals surface area contributed by atoms with Crippen LogP contribution in [0.2, 0.25) is 0 Å². The second kappa shape index (κ2) is 3.95. The van der Waals surface area contributed by atoms with Gasteiger partial charge in [0.25, 0.3) is 0 Å². The average Bonchev–Trinajstić information content (AvgIpc) is 2.58. The van der Waals surface area contributed by atoms with Gasteiger partial charge in [-0.05, 0) is 24.1 Å². The molecule has 16 heavy (non-hydrogen) atoms. The van der Waals surface area contributed by atoms with Crippen LogP contribution >= 0.6 is 0 Å². The molecule has 3 nitrogen and oxygen atoms in total. The molecule has 3 N–H and O–H groups in total. The van der Waals surface area contributed by atoms with Crippen LogP contribution in [0, 0.1) is 0 Å². The molecule has 1 unspecified atom stereocenters. The Balaban J connectivity index is 2.31. The molecular weight excluding hydrogens is 221 g/mol. The number of rotatable bonds is 2. The Kier molecular flexibility index (Phi) is 2.77. The van der Waals surface area contributed by atoms with Gasteiger partial charge in [0, 0.05) is 5.69 Å². The second-order valence-electron chi connectivity index (χ2n) is 3.71. The van der Waals surface area contributed by atoms with Crippen LogP contribution in [0.1, 0.15) is 11.1 Å². The minimum atomic E-state index is -4.31. The van der Waals surface area contributed by atoms with E-state index in [0.29, 0.717) is 5.69 Å². The first-order chi connectivity index (χ1) is 7.52. The molecule has 0 aromatic heterocycles. The summed E-state index contributed by atoms with van der Waals surface area (Å²) in [6, 6.07) is 3.91. The summed E-state index contributed by atoms with van der Waals surface area (Å²) in [5.41, 5.74) is 0.214. The molecule has 0 aliphatic carbocycles. The molecule has 2 rings (SSSR count). The van der Waals surface area contributed by atoms with Gasteiger partial charge in [0.2, 0.25) is 0 Å². The number of nitrogens with two attached hydrogens (primary N) is 1. The van der Waals surface area contributed by atoms with Crippen molar-refractivity contribution in [1.82, 2.24) is 0 Å². The summed E-state index contributed by atoms with van der Waals surface area (Å²) in [4.78, 5) is 4.44. The Morgan fingerprint density at radius 3 is 2.81 bits per heavy atom. The SMILES string of the molecule is NOCC1Cc2c(cccc2C(F)(F)F)N1. The van der Waals surface area contributed by atoms with Crippen molar-refractivity contribution in [3.05, 3.63) is 29.3 Å². The van der Waals surface area contributed by atoms with Crippen molar-refractivity contribution in [1.29, 1.82) is 0 Å². The maximum atomic E-state index is 12.7. The number of anilines is 1. The van der Waals surface area contributed by atoms with Gasteiger partial charge in [-0.3, -0.25) is 0 Å². The van der Waals surface area contributed by atoms with Crippen LogP contribution in [-0.4, -0.2) is 12.6 Å². The largest absolute Gasteiger partial charge is 0.416 e. The van der Waals surface area contributed by atoms with Crippen molar-refractivity contribution < 1.29 is 18.0 Å². The molecule has 1 aromatic carbocycles. The van der Waals surface area contributed by atoms with E-state index in [1.807, 2.05) is 0 Å². The number of hydrogen-bond acceptors (Lipinski definition) is 3. The maximum absolute atomic E-state index is 12.7. The summed E-state index contributed by atoms with van der Waals surface area (Å²) in [6.07, 6.45) is -4.03. The van der Waals surface area contributed by atoms with Gasteiger partial charge in [-0.25, -0.2) is 5.90 Å². The number of benzene rings is 1. The fourth-order valence-electron chi connectivity index (χ4n) is 1.94. The van der Waals surface area contributed by atoms with Crippen LogP contribution in [0.15, 0.2) is 18.2 Å². The van der Waals surface area contributed by atoms with Gasteiger partial charge < -0.3 is 10.2 Å². The molecule has 1 atom stereocenters. The highest BCUT2D eigenvalue weighted by molar-refractivity contribution is 5.60. The molecule has 1 aromatic rings. The third-order valence-corrected chi connectivity index (χ3v) is 2.59. The number of nitrogens with one attached hydrogen (secondary N) is 1. The number of alkyl halides is 3. The molecule has 1 aliphatic rings. The zero-order valence-electron chi connectivity index (χ0n) is 8.34. The molecule has 1 heterocycles. The third kappa shape index (κ3) is 1.98. The minimum absolute atomic E-state index is 0.186. The van der Waals surface area contributed by atoms with E-state index >= 15 is 0 Å². The van der Waals surface area contributed by atoms with Crippen molar-refractivity contribution >= 4 is 5.69 Å². The first-order valence-electron chi connectivity index (χ1n) is 4.79. The summed E-state index contributed by atoms with van der Waals surface area (Å²) in [7, 11) is 0. The topological polar surface area (TPSA) is 47.3 Å². The highest BCUT2D eigenvalue weighted by Crippen LogP contribution is 2.38. The molecular formula is C10H11F3N2O. The Labute approximate surface area is 90.3 Å². The lowest BCUT2D eigenvalue weighted by Crippen LogP contribution is -2.24. The highest BCUT2D eigenvalue weighted by atomic mass is 19.4. The van der Waals surface area contributed by atoms with E-state index in [2.05, 4.69) is 10.2 Å². The van der Waals surface area contributed by atoms with Crippen molar-refractivity contribution in [2.75, 3.05) is 11.9 Å². The van der Waals surface area contributed by atoms with Gasteiger partial charge in [-0.15, -0.1) is 0 Å². The van der Waals surface area contributed by atoms with E-state index in [0.717, 1.165) is 6.07 Å². The van der Waals surface area contributed by atoms with Gasteiger partial charge >= 0.3 is 6.18 Å². The van der Waals surface area contributed by atoms with Gasteiger partial charge in [0.15, 0.2) is 0 Å². The number of fused-ring (bicyclic) bond motifs is 1. The van der Waals surface area contributed by atoms with Crippen LogP contribution < -0.4 is 11.2 Å². The molecule has 0 fully saturated rings. The summed E-state index contributed by atoms with van der Waals surface area (Å²) >= 11 is 0. The van der Waals surface area contributed by atoms with Crippen LogP contribution in [0.3, 0.4) is 0 Å².